The molecule has 8 heteroatoms. The smallest absolute Gasteiger partial charge is 0.209 e. The second-order valence-electron chi connectivity index (χ2n) is 3.84. The van der Waals surface area contributed by atoms with Crippen LogP contribution < -0.4 is 0 Å². The molecule has 0 atom stereocenters. The Kier molecular flexibility index (Phi) is 2.75. The molecule has 0 aliphatic heterocycles. The third-order valence-electron chi connectivity index (χ3n) is 2.53. The lowest BCUT2D eigenvalue weighted by Gasteiger charge is -2.02. The van der Waals surface area contributed by atoms with Gasteiger partial charge in [-0.05, 0) is 29.5 Å². The largest absolute Gasteiger partial charge is 0.221 e. The predicted octanol–water partition coefficient (Wildman–Crippen LogP) is 1.86. The quantitative estimate of drug-likeness (QED) is 0.718. The number of benzene rings is 1. The highest BCUT2D eigenvalue weighted by molar-refractivity contribution is 6.32. The standard InChI is InChI=1S/C11H8ClFN6/c1-18-16-11(15-17-18)9-6-14-19(10(9)12)8-4-2-7(13)3-5-8/h2-6H,1H3. The van der Waals surface area contributed by atoms with E-state index in [1.165, 1.54) is 21.6 Å². The Morgan fingerprint density at radius 3 is 2.58 bits per heavy atom. The van der Waals surface area contributed by atoms with Gasteiger partial charge in [-0.3, -0.25) is 0 Å². The number of rotatable bonds is 2. The molecule has 6 nitrogen and oxygen atoms in total. The maximum atomic E-state index is 12.9. The zero-order valence-electron chi connectivity index (χ0n) is 9.83. The Morgan fingerprint density at radius 2 is 1.95 bits per heavy atom. The highest BCUT2D eigenvalue weighted by atomic mass is 35.5. The zero-order valence-corrected chi connectivity index (χ0v) is 10.6. The minimum Gasteiger partial charge on any atom is -0.221 e. The second kappa shape index (κ2) is 4.43. The summed E-state index contributed by atoms with van der Waals surface area (Å²) >= 11 is 6.23. The lowest BCUT2D eigenvalue weighted by atomic mass is 10.3. The summed E-state index contributed by atoms with van der Waals surface area (Å²) in [6, 6.07) is 5.85. The summed E-state index contributed by atoms with van der Waals surface area (Å²) in [5.74, 6) is 0.0729. The van der Waals surface area contributed by atoms with Crippen LogP contribution in [0.5, 0.6) is 0 Å². The predicted molar refractivity (Wildman–Crippen MR) is 66.3 cm³/mol. The molecule has 3 aromatic rings. The minimum atomic E-state index is -0.317. The molecule has 2 aromatic heterocycles. The summed E-state index contributed by atoms with van der Waals surface area (Å²) in [6.07, 6.45) is 1.54. The van der Waals surface area contributed by atoms with Crippen molar-refractivity contribution < 1.29 is 4.39 Å². The average Bonchev–Trinajstić information content (AvgIpc) is 2.97. The van der Waals surface area contributed by atoms with Gasteiger partial charge in [0.1, 0.15) is 11.0 Å². The molecule has 0 spiro atoms. The number of aryl methyl sites for hydroxylation is 1. The summed E-state index contributed by atoms with van der Waals surface area (Å²) < 4.78 is 14.4. The Balaban J connectivity index is 2.06. The van der Waals surface area contributed by atoms with Crippen molar-refractivity contribution in [2.24, 2.45) is 7.05 Å². The summed E-state index contributed by atoms with van der Waals surface area (Å²) in [7, 11) is 1.66. The molecule has 0 N–H and O–H groups in total. The van der Waals surface area contributed by atoms with Gasteiger partial charge in [0.15, 0.2) is 0 Å². The molecule has 96 valence electrons. The van der Waals surface area contributed by atoms with Crippen molar-refractivity contribution in [1.29, 1.82) is 0 Å². The van der Waals surface area contributed by atoms with Crippen LogP contribution >= 0.6 is 11.6 Å². The van der Waals surface area contributed by atoms with E-state index >= 15 is 0 Å². The fraction of sp³-hybridized carbons (Fsp3) is 0.0909. The Labute approximate surface area is 112 Å². The van der Waals surface area contributed by atoms with Crippen LogP contribution in [0.3, 0.4) is 0 Å². The lowest BCUT2D eigenvalue weighted by Crippen LogP contribution is -1.96. The van der Waals surface area contributed by atoms with Gasteiger partial charge in [0, 0.05) is 0 Å². The van der Waals surface area contributed by atoms with Crippen LogP contribution in [-0.4, -0.2) is 30.0 Å². The van der Waals surface area contributed by atoms with Gasteiger partial charge in [-0.25, -0.2) is 9.07 Å². The van der Waals surface area contributed by atoms with Crippen LogP contribution in [-0.2, 0) is 7.05 Å². The number of hydrogen-bond donors (Lipinski definition) is 0. The van der Waals surface area contributed by atoms with Crippen molar-refractivity contribution in [3.63, 3.8) is 0 Å². The van der Waals surface area contributed by atoms with Crippen molar-refractivity contribution in [1.82, 2.24) is 30.0 Å². The topological polar surface area (TPSA) is 61.4 Å². The number of tetrazole rings is 1. The van der Waals surface area contributed by atoms with E-state index in [9.17, 15) is 4.39 Å². The summed E-state index contributed by atoms with van der Waals surface area (Å²) in [4.78, 5) is 1.33. The van der Waals surface area contributed by atoms with Gasteiger partial charge in [-0.1, -0.05) is 11.6 Å². The molecule has 19 heavy (non-hydrogen) atoms. The monoisotopic (exact) mass is 278 g/mol. The molecule has 0 unspecified atom stereocenters. The fourth-order valence-electron chi connectivity index (χ4n) is 1.64. The number of aromatic nitrogens is 6. The van der Waals surface area contributed by atoms with Crippen molar-refractivity contribution in [3.05, 3.63) is 41.4 Å². The van der Waals surface area contributed by atoms with Crippen molar-refractivity contribution in [2.45, 2.75) is 0 Å². The Morgan fingerprint density at radius 1 is 1.21 bits per heavy atom. The number of nitrogens with zero attached hydrogens (tertiary/aromatic N) is 6. The van der Waals surface area contributed by atoms with Gasteiger partial charge in [0.25, 0.3) is 0 Å². The highest BCUT2D eigenvalue weighted by Crippen LogP contribution is 2.26. The molecule has 0 bridgehead atoms. The maximum Gasteiger partial charge on any atom is 0.209 e. The van der Waals surface area contributed by atoms with Crippen LogP contribution in [0.4, 0.5) is 4.39 Å². The molecule has 3 rings (SSSR count). The summed E-state index contributed by atoms with van der Waals surface area (Å²) in [5, 5.41) is 16.2. The zero-order chi connectivity index (χ0) is 13.4. The van der Waals surface area contributed by atoms with Gasteiger partial charge in [0.2, 0.25) is 5.82 Å². The molecule has 0 saturated carbocycles. The first-order valence-corrected chi connectivity index (χ1v) is 5.77. The Bertz CT molecular complexity index is 717. The molecule has 0 aliphatic carbocycles. The number of hydrogen-bond acceptors (Lipinski definition) is 4. The Hall–Kier alpha value is -2.28. The molecular formula is C11H8ClFN6. The van der Waals surface area contributed by atoms with Gasteiger partial charge in [0.05, 0.1) is 24.5 Å². The van der Waals surface area contributed by atoms with Crippen molar-refractivity contribution >= 4 is 11.6 Å². The van der Waals surface area contributed by atoms with E-state index < -0.39 is 0 Å². The molecule has 0 aliphatic rings. The van der Waals surface area contributed by atoms with Gasteiger partial charge < -0.3 is 0 Å². The molecule has 0 amide bonds. The van der Waals surface area contributed by atoms with E-state index in [1.807, 2.05) is 0 Å². The van der Waals surface area contributed by atoms with Crippen LogP contribution in [0.15, 0.2) is 30.5 Å². The fourth-order valence-corrected chi connectivity index (χ4v) is 1.91. The van der Waals surface area contributed by atoms with E-state index in [2.05, 4.69) is 20.5 Å². The van der Waals surface area contributed by atoms with Crippen LogP contribution in [0.25, 0.3) is 17.1 Å². The van der Waals surface area contributed by atoms with Crippen LogP contribution in [0.1, 0.15) is 0 Å². The normalized spacial score (nSPS) is 10.9. The third kappa shape index (κ3) is 2.08. The molecule has 0 saturated heterocycles. The van der Waals surface area contributed by atoms with Crippen LogP contribution in [0, 0.1) is 5.82 Å². The van der Waals surface area contributed by atoms with E-state index in [-0.39, 0.29) is 5.82 Å². The van der Waals surface area contributed by atoms with Crippen molar-refractivity contribution in [2.75, 3.05) is 0 Å². The van der Waals surface area contributed by atoms with Crippen LogP contribution in [0.2, 0.25) is 5.15 Å². The SMILES string of the molecule is Cn1nnc(-c2cnn(-c3ccc(F)cc3)c2Cl)n1. The van der Waals surface area contributed by atoms with E-state index in [0.717, 1.165) is 0 Å². The van der Waals surface area contributed by atoms with E-state index in [0.29, 0.717) is 22.2 Å². The average molecular weight is 279 g/mol. The minimum absolute atomic E-state index is 0.317. The number of halogens is 2. The molecule has 0 radical (unpaired) electrons. The molecule has 1 aromatic carbocycles. The molecule has 0 fully saturated rings. The maximum absolute atomic E-state index is 12.9. The van der Waals surface area contributed by atoms with Crippen molar-refractivity contribution in [3.8, 4) is 17.1 Å². The first-order chi connectivity index (χ1) is 9.15. The van der Waals surface area contributed by atoms with Gasteiger partial charge >= 0.3 is 0 Å². The van der Waals surface area contributed by atoms with Gasteiger partial charge in [-0.15, -0.1) is 10.2 Å². The second-order valence-corrected chi connectivity index (χ2v) is 4.20. The lowest BCUT2D eigenvalue weighted by molar-refractivity contribution is 0.627. The summed E-state index contributed by atoms with van der Waals surface area (Å²) in [6.45, 7) is 0. The van der Waals surface area contributed by atoms with Gasteiger partial charge in [-0.2, -0.15) is 9.90 Å². The van der Waals surface area contributed by atoms with E-state index in [1.54, 1.807) is 25.4 Å². The highest BCUT2D eigenvalue weighted by Gasteiger charge is 2.15. The summed E-state index contributed by atoms with van der Waals surface area (Å²) in [5.41, 5.74) is 1.22. The molecule has 2 heterocycles. The first kappa shape index (κ1) is 11.8. The molecular weight excluding hydrogens is 271 g/mol. The first-order valence-electron chi connectivity index (χ1n) is 5.39. The van der Waals surface area contributed by atoms with E-state index in [4.69, 9.17) is 11.6 Å². The third-order valence-corrected chi connectivity index (χ3v) is 2.89.